The molecule has 0 bridgehead atoms. The average Bonchev–Trinajstić information content (AvgIpc) is 2.93. The third kappa shape index (κ3) is 7.20. The number of carbonyl (C=O) groups is 2. The molecule has 2 N–H and O–H groups in total. The monoisotopic (exact) mass is 448 g/mol. The summed E-state index contributed by atoms with van der Waals surface area (Å²) in [6.45, 7) is 7.63. The summed E-state index contributed by atoms with van der Waals surface area (Å²) in [5.74, 6) is -0.193. The molecule has 0 aliphatic carbocycles. The predicted octanol–water partition coefficient (Wildman–Crippen LogP) is 3.89. The van der Waals surface area contributed by atoms with Crippen LogP contribution in [-0.4, -0.2) is 56.5 Å². The standard InChI is InChI=1S/C26H32N4O3/c1-26(2,3)33-25(32)29-16-15-28-24(31)20-12-9-19(10-13-20)11-14-22-21-7-5-6-8-23(21)30(4)18-17-27-22/h5-14H,15-18H2,1-4H3,(H,28,31)(H,29,32). The van der Waals surface area contributed by atoms with E-state index in [4.69, 9.17) is 9.73 Å². The van der Waals surface area contributed by atoms with Crippen LogP contribution in [0.15, 0.2) is 59.6 Å². The van der Waals surface area contributed by atoms with Gasteiger partial charge in [0.25, 0.3) is 5.91 Å². The quantitative estimate of drug-likeness (QED) is 0.657. The molecule has 0 saturated carbocycles. The Morgan fingerprint density at radius 1 is 1.03 bits per heavy atom. The number of anilines is 1. The minimum absolute atomic E-state index is 0.193. The van der Waals surface area contributed by atoms with E-state index < -0.39 is 11.7 Å². The van der Waals surface area contributed by atoms with Crippen molar-refractivity contribution in [1.82, 2.24) is 10.6 Å². The van der Waals surface area contributed by atoms with Gasteiger partial charge in [-0.3, -0.25) is 9.79 Å². The number of alkyl carbamates (subject to hydrolysis) is 1. The molecular formula is C26H32N4O3. The normalized spacial score (nSPS) is 13.7. The zero-order valence-electron chi connectivity index (χ0n) is 19.7. The molecule has 2 amide bonds. The van der Waals surface area contributed by atoms with Gasteiger partial charge < -0.3 is 20.3 Å². The third-order valence-electron chi connectivity index (χ3n) is 4.99. The molecule has 7 nitrogen and oxygen atoms in total. The van der Waals surface area contributed by atoms with Crippen LogP contribution in [0.3, 0.4) is 0 Å². The van der Waals surface area contributed by atoms with Gasteiger partial charge in [0.05, 0.1) is 12.3 Å². The van der Waals surface area contributed by atoms with Crippen molar-refractivity contribution in [3.8, 4) is 0 Å². The molecule has 7 heteroatoms. The molecule has 1 aliphatic heterocycles. The van der Waals surface area contributed by atoms with E-state index in [2.05, 4.69) is 34.7 Å². The van der Waals surface area contributed by atoms with E-state index in [9.17, 15) is 9.59 Å². The van der Waals surface area contributed by atoms with Gasteiger partial charge in [-0.25, -0.2) is 4.79 Å². The first-order valence-electron chi connectivity index (χ1n) is 11.1. The highest BCUT2D eigenvalue weighted by Gasteiger charge is 2.16. The van der Waals surface area contributed by atoms with Gasteiger partial charge in [0.2, 0.25) is 0 Å². The van der Waals surface area contributed by atoms with Gasteiger partial charge in [-0.15, -0.1) is 0 Å². The molecule has 0 fully saturated rings. The van der Waals surface area contributed by atoms with E-state index >= 15 is 0 Å². The fourth-order valence-electron chi connectivity index (χ4n) is 3.37. The first-order valence-corrected chi connectivity index (χ1v) is 11.1. The first-order chi connectivity index (χ1) is 15.7. The van der Waals surface area contributed by atoms with Crippen LogP contribution in [0.2, 0.25) is 0 Å². The molecule has 0 aromatic heterocycles. The Morgan fingerprint density at radius 3 is 2.45 bits per heavy atom. The van der Waals surface area contributed by atoms with Crippen LogP contribution in [0.4, 0.5) is 10.5 Å². The number of ether oxygens (including phenoxy) is 1. The lowest BCUT2D eigenvalue weighted by atomic mass is 10.0. The van der Waals surface area contributed by atoms with Crippen molar-refractivity contribution in [1.29, 1.82) is 0 Å². The van der Waals surface area contributed by atoms with E-state index in [0.717, 1.165) is 29.9 Å². The second kappa shape index (κ2) is 10.8. The van der Waals surface area contributed by atoms with Crippen molar-refractivity contribution in [3.05, 3.63) is 71.3 Å². The lowest BCUT2D eigenvalue weighted by molar-refractivity contribution is 0.0526. The number of likely N-dealkylation sites (N-methyl/N-ethyl adjacent to an activating group) is 1. The number of benzodiazepines with no additional fused rings is 1. The molecular weight excluding hydrogens is 416 g/mol. The summed E-state index contributed by atoms with van der Waals surface area (Å²) in [4.78, 5) is 30.9. The summed E-state index contributed by atoms with van der Waals surface area (Å²) in [5.41, 5.74) is 4.23. The van der Waals surface area contributed by atoms with Crippen molar-refractivity contribution in [3.63, 3.8) is 0 Å². The highest BCUT2D eigenvalue weighted by molar-refractivity contribution is 6.14. The second-order valence-corrected chi connectivity index (χ2v) is 8.85. The summed E-state index contributed by atoms with van der Waals surface area (Å²) >= 11 is 0. The fraction of sp³-hybridized carbons (Fsp3) is 0.346. The van der Waals surface area contributed by atoms with Crippen molar-refractivity contribution in [2.45, 2.75) is 26.4 Å². The highest BCUT2D eigenvalue weighted by atomic mass is 16.6. The van der Waals surface area contributed by atoms with Crippen LogP contribution in [-0.2, 0) is 4.74 Å². The Bertz CT molecular complexity index is 1040. The predicted molar refractivity (Wildman–Crippen MR) is 133 cm³/mol. The minimum Gasteiger partial charge on any atom is -0.444 e. The third-order valence-corrected chi connectivity index (χ3v) is 4.99. The summed E-state index contributed by atoms with van der Waals surface area (Å²) < 4.78 is 5.16. The van der Waals surface area contributed by atoms with Crippen LogP contribution in [0.25, 0.3) is 6.08 Å². The van der Waals surface area contributed by atoms with Gasteiger partial charge >= 0.3 is 6.09 Å². The van der Waals surface area contributed by atoms with Crippen molar-refractivity contribution in [2.75, 3.05) is 38.1 Å². The lowest BCUT2D eigenvalue weighted by Gasteiger charge is -2.19. The number of para-hydroxylation sites is 1. The molecule has 0 atom stereocenters. The molecule has 1 heterocycles. The summed E-state index contributed by atoms with van der Waals surface area (Å²) in [6.07, 6.45) is 3.53. The fourth-order valence-corrected chi connectivity index (χ4v) is 3.37. The van der Waals surface area contributed by atoms with E-state index in [0.29, 0.717) is 18.7 Å². The van der Waals surface area contributed by atoms with Crippen LogP contribution in [0.5, 0.6) is 0 Å². The Morgan fingerprint density at radius 2 is 1.73 bits per heavy atom. The maximum absolute atomic E-state index is 12.3. The molecule has 0 saturated heterocycles. The number of hydrogen-bond acceptors (Lipinski definition) is 5. The molecule has 0 spiro atoms. The number of amides is 2. The number of allylic oxidation sites excluding steroid dienone is 1. The van der Waals surface area contributed by atoms with Gasteiger partial charge in [-0.1, -0.05) is 36.4 Å². The van der Waals surface area contributed by atoms with Gasteiger partial charge in [0.1, 0.15) is 5.60 Å². The van der Waals surface area contributed by atoms with Crippen LogP contribution in [0.1, 0.15) is 42.3 Å². The van der Waals surface area contributed by atoms with Crippen LogP contribution >= 0.6 is 0 Å². The SMILES string of the molecule is CN1CCN=C(C=Cc2ccc(C(=O)NCCNC(=O)OC(C)(C)C)cc2)c2ccccc21. The zero-order valence-corrected chi connectivity index (χ0v) is 19.7. The maximum atomic E-state index is 12.3. The summed E-state index contributed by atoms with van der Waals surface area (Å²) in [5, 5.41) is 5.41. The van der Waals surface area contributed by atoms with Gasteiger partial charge in [-0.2, -0.15) is 0 Å². The molecule has 0 radical (unpaired) electrons. The molecule has 3 rings (SSSR count). The first kappa shape index (κ1) is 24.0. The number of carbonyl (C=O) groups excluding carboxylic acids is 2. The summed E-state index contributed by atoms with van der Waals surface area (Å²) in [7, 11) is 2.08. The summed E-state index contributed by atoms with van der Waals surface area (Å²) in [6, 6.07) is 15.6. The average molecular weight is 449 g/mol. The number of hydrogen-bond donors (Lipinski definition) is 2. The number of fused-ring (bicyclic) bond motifs is 1. The lowest BCUT2D eigenvalue weighted by Crippen LogP contribution is -2.37. The molecule has 1 aliphatic rings. The van der Waals surface area contributed by atoms with Gasteiger partial charge in [-0.05, 0) is 50.6 Å². The molecule has 2 aromatic carbocycles. The van der Waals surface area contributed by atoms with Crippen LogP contribution in [0, 0.1) is 0 Å². The van der Waals surface area contributed by atoms with E-state index in [1.54, 1.807) is 32.9 Å². The number of benzene rings is 2. The van der Waals surface area contributed by atoms with Crippen LogP contribution < -0.4 is 15.5 Å². The topological polar surface area (TPSA) is 83.0 Å². The van der Waals surface area contributed by atoms with Crippen molar-refractivity contribution >= 4 is 29.5 Å². The van der Waals surface area contributed by atoms with Crippen molar-refractivity contribution in [2.24, 2.45) is 4.99 Å². The smallest absolute Gasteiger partial charge is 0.407 e. The van der Waals surface area contributed by atoms with Crippen molar-refractivity contribution < 1.29 is 14.3 Å². The molecule has 2 aromatic rings. The Labute approximate surface area is 195 Å². The molecule has 174 valence electrons. The Hall–Kier alpha value is -3.61. The number of nitrogens with one attached hydrogen (secondary N) is 2. The van der Waals surface area contributed by atoms with E-state index in [-0.39, 0.29) is 5.91 Å². The van der Waals surface area contributed by atoms with Gasteiger partial charge in [0, 0.05) is 43.5 Å². The maximum Gasteiger partial charge on any atom is 0.407 e. The molecule has 33 heavy (non-hydrogen) atoms. The number of nitrogens with zero attached hydrogens (tertiary/aromatic N) is 2. The van der Waals surface area contributed by atoms with E-state index in [1.165, 1.54) is 5.69 Å². The minimum atomic E-state index is -0.550. The Balaban J connectivity index is 1.53. The number of rotatable bonds is 6. The largest absolute Gasteiger partial charge is 0.444 e. The van der Waals surface area contributed by atoms with E-state index in [1.807, 2.05) is 36.4 Å². The molecule has 0 unspecified atom stereocenters. The number of aliphatic imine (C=N–C) groups is 1. The second-order valence-electron chi connectivity index (χ2n) is 8.85. The zero-order chi connectivity index (χ0) is 23.8. The highest BCUT2D eigenvalue weighted by Crippen LogP contribution is 2.23. The van der Waals surface area contributed by atoms with Gasteiger partial charge in [0.15, 0.2) is 0 Å². The Kier molecular flexibility index (Phi) is 7.87.